The number of methoxy groups -OCH3 is 2. The zero-order chi connectivity index (χ0) is 21.3. The van der Waals surface area contributed by atoms with E-state index in [1.807, 2.05) is 18.2 Å². The largest absolute Gasteiger partial charge is 0.497 e. The number of ether oxygens (including phenoxy) is 2. The highest BCUT2D eigenvalue weighted by atomic mass is 16.5. The second-order valence-corrected chi connectivity index (χ2v) is 7.42. The monoisotopic (exact) mass is 411 g/mol. The Balaban J connectivity index is 1.53. The second-order valence-electron chi connectivity index (χ2n) is 7.42. The van der Waals surface area contributed by atoms with Crippen LogP contribution in [0.5, 0.6) is 11.5 Å². The summed E-state index contributed by atoms with van der Waals surface area (Å²) in [5.74, 6) is 1.73. The van der Waals surface area contributed by atoms with E-state index in [9.17, 15) is 0 Å². The van der Waals surface area contributed by atoms with Crippen molar-refractivity contribution in [2.75, 3.05) is 52.3 Å². The van der Waals surface area contributed by atoms with Crippen molar-refractivity contribution in [3.8, 4) is 11.5 Å². The first kappa shape index (κ1) is 21.9. The third kappa shape index (κ3) is 6.11. The molecule has 0 atom stereocenters. The number of rotatable bonds is 8. The van der Waals surface area contributed by atoms with E-state index in [2.05, 4.69) is 51.3 Å². The maximum Gasteiger partial charge on any atom is 0.193 e. The summed E-state index contributed by atoms with van der Waals surface area (Å²) in [4.78, 5) is 9.47. The SMILES string of the molecule is CCN1CCN(Cc2ccc(CN=C(N)Nc3cc(OC)ccc3OC)cc2)CC1. The van der Waals surface area contributed by atoms with Gasteiger partial charge in [0, 0.05) is 38.8 Å². The molecule has 2 aromatic rings. The zero-order valence-electron chi connectivity index (χ0n) is 18.2. The van der Waals surface area contributed by atoms with Crippen LogP contribution < -0.4 is 20.5 Å². The van der Waals surface area contributed by atoms with Crippen molar-refractivity contribution in [3.63, 3.8) is 0 Å². The molecule has 0 radical (unpaired) electrons. The Bertz CT molecular complexity index is 830. The first-order valence-corrected chi connectivity index (χ1v) is 10.4. The van der Waals surface area contributed by atoms with Crippen LogP contribution in [-0.4, -0.2) is 62.7 Å². The van der Waals surface area contributed by atoms with Gasteiger partial charge in [-0.05, 0) is 29.8 Å². The third-order valence-corrected chi connectivity index (χ3v) is 5.44. The van der Waals surface area contributed by atoms with Crippen LogP contribution in [0.4, 0.5) is 5.69 Å². The van der Waals surface area contributed by atoms with Crippen molar-refractivity contribution < 1.29 is 9.47 Å². The van der Waals surface area contributed by atoms with Crippen LogP contribution in [0.25, 0.3) is 0 Å². The van der Waals surface area contributed by atoms with Crippen LogP contribution >= 0.6 is 0 Å². The lowest BCUT2D eigenvalue weighted by Crippen LogP contribution is -2.45. The molecule has 0 amide bonds. The summed E-state index contributed by atoms with van der Waals surface area (Å²) < 4.78 is 10.6. The fourth-order valence-corrected chi connectivity index (χ4v) is 3.54. The molecule has 0 unspecified atom stereocenters. The molecule has 1 saturated heterocycles. The molecule has 0 bridgehead atoms. The van der Waals surface area contributed by atoms with Crippen LogP contribution in [0, 0.1) is 0 Å². The van der Waals surface area contributed by atoms with Crippen LogP contribution in [0.3, 0.4) is 0 Å². The van der Waals surface area contributed by atoms with Gasteiger partial charge in [-0.15, -0.1) is 0 Å². The standard InChI is InChI=1S/C23H33N5O2/c1-4-27-11-13-28(14-12-27)17-19-7-5-18(6-8-19)16-25-23(24)26-21-15-20(29-2)9-10-22(21)30-3/h5-10,15H,4,11-14,16-17H2,1-3H3,(H3,24,25,26). The molecule has 0 aliphatic carbocycles. The molecule has 1 heterocycles. The summed E-state index contributed by atoms with van der Waals surface area (Å²) in [6.45, 7) is 9.48. The highest BCUT2D eigenvalue weighted by Gasteiger charge is 2.15. The summed E-state index contributed by atoms with van der Waals surface area (Å²) in [7, 11) is 3.24. The molecule has 1 aliphatic heterocycles. The number of nitrogens with two attached hydrogens (primary N) is 1. The molecule has 1 fully saturated rings. The van der Waals surface area contributed by atoms with E-state index < -0.39 is 0 Å². The minimum Gasteiger partial charge on any atom is -0.497 e. The summed E-state index contributed by atoms with van der Waals surface area (Å²) in [6, 6.07) is 14.1. The number of aliphatic imine (C=N–C) groups is 1. The number of nitrogens with one attached hydrogen (secondary N) is 1. The Morgan fingerprint density at radius 3 is 2.27 bits per heavy atom. The number of guanidine groups is 1. The van der Waals surface area contributed by atoms with Crippen molar-refractivity contribution in [2.24, 2.45) is 10.7 Å². The average molecular weight is 412 g/mol. The van der Waals surface area contributed by atoms with Gasteiger partial charge in [-0.2, -0.15) is 0 Å². The van der Waals surface area contributed by atoms with Gasteiger partial charge in [0.25, 0.3) is 0 Å². The first-order valence-electron chi connectivity index (χ1n) is 10.4. The maximum atomic E-state index is 6.08. The number of piperazine rings is 1. The molecule has 30 heavy (non-hydrogen) atoms. The van der Waals surface area contributed by atoms with Crippen molar-refractivity contribution in [1.29, 1.82) is 0 Å². The quantitative estimate of drug-likeness (QED) is 0.514. The highest BCUT2D eigenvalue weighted by molar-refractivity contribution is 5.94. The van der Waals surface area contributed by atoms with Crippen molar-refractivity contribution in [3.05, 3.63) is 53.6 Å². The Morgan fingerprint density at radius 2 is 1.63 bits per heavy atom. The van der Waals surface area contributed by atoms with Crippen molar-refractivity contribution in [2.45, 2.75) is 20.0 Å². The minimum atomic E-state index is 0.333. The Labute approximate surface area is 179 Å². The molecule has 7 nitrogen and oxygen atoms in total. The molecule has 2 aromatic carbocycles. The number of hydrogen-bond acceptors (Lipinski definition) is 5. The van der Waals surface area contributed by atoms with Gasteiger partial charge >= 0.3 is 0 Å². The minimum absolute atomic E-state index is 0.333. The summed E-state index contributed by atoms with van der Waals surface area (Å²) in [5.41, 5.74) is 9.25. The number of likely N-dealkylation sites (N-methyl/N-ethyl adjacent to an activating group) is 1. The summed E-state index contributed by atoms with van der Waals surface area (Å²) in [5, 5.41) is 3.09. The topological polar surface area (TPSA) is 75.4 Å². The molecular weight excluding hydrogens is 378 g/mol. The van der Waals surface area contributed by atoms with Crippen LogP contribution in [-0.2, 0) is 13.1 Å². The summed E-state index contributed by atoms with van der Waals surface area (Å²) >= 11 is 0. The van der Waals surface area contributed by atoms with Crippen molar-refractivity contribution in [1.82, 2.24) is 9.80 Å². The van der Waals surface area contributed by atoms with Gasteiger partial charge in [-0.25, -0.2) is 4.99 Å². The van der Waals surface area contributed by atoms with E-state index in [1.54, 1.807) is 14.2 Å². The smallest absolute Gasteiger partial charge is 0.193 e. The van der Waals surface area contributed by atoms with Gasteiger partial charge < -0.3 is 25.4 Å². The third-order valence-electron chi connectivity index (χ3n) is 5.44. The van der Waals surface area contributed by atoms with Crippen LogP contribution in [0.15, 0.2) is 47.5 Å². The molecule has 3 rings (SSSR count). The van der Waals surface area contributed by atoms with Crippen LogP contribution in [0.1, 0.15) is 18.1 Å². The molecule has 0 aromatic heterocycles. The van der Waals surface area contributed by atoms with E-state index in [1.165, 1.54) is 5.56 Å². The van der Waals surface area contributed by atoms with Gasteiger partial charge in [0.15, 0.2) is 5.96 Å². The Kier molecular flexibility index (Phi) is 7.93. The van der Waals surface area contributed by atoms with E-state index in [0.717, 1.165) is 56.3 Å². The highest BCUT2D eigenvalue weighted by Crippen LogP contribution is 2.28. The molecular formula is C23H33N5O2. The predicted octanol–water partition coefficient (Wildman–Crippen LogP) is 2.77. The van der Waals surface area contributed by atoms with Crippen molar-refractivity contribution >= 4 is 11.6 Å². The van der Waals surface area contributed by atoms with Gasteiger partial charge in [0.1, 0.15) is 11.5 Å². The zero-order valence-corrected chi connectivity index (χ0v) is 18.2. The molecule has 162 valence electrons. The molecule has 7 heteroatoms. The molecule has 0 spiro atoms. The molecule has 1 aliphatic rings. The lowest BCUT2D eigenvalue weighted by Gasteiger charge is -2.34. The molecule has 0 saturated carbocycles. The van der Waals surface area contributed by atoms with Gasteiger partial charge in [-0.1, -0.05) is 31.2 Å². The molecule has 3 N–H and O–H groups in total. The fraction of sp³-hybridized carbons (Fsp3) is 0.435. The van der Waals surface area contributed by atoms with Crippen LogP contribution in [0.2, 0.25) is 0 Å². The first-order chi connectivity index (χ1) is 14.6. The van der Waals surface area contributed by atoms with E-state index in [-0.39, 0.29) is 0 Å². The fourth-order valence-electron chi connectivity index (χ4n) is 3.54. The summed E-state index contributed by atoms with van der Waals surface area (Å²) in [6.07, 6.45) is 0. The predicted molar refractivity (Wildman–Crippen MR) is 122 cm³/mol. The number of hydrogen-bond donors (Lipinski definition) is 2. The van der Waals surface area contributed by atoms with E-state index in [0.29, 0.717) is 18.3 Å². The number of anilines is 1. The van der Waals surface area contributed by atoms with Gasteiger partial charge in [0.05, 0.1) is 26.5 Å². The normalized spacial score (nSPS) is 15.8. The number of nitrogens with zero attached hydrogens (tertiary/aromatic N) is 3. The van der Waals surface area contributed by atoms with E-state index >= 15 is 0 Å². The van der Waals surface area contributed by atoms with Gasteiger partial charge in [-0.3, -0.25) is 4.90 Å². The maximum absolute atomic E-state index is 6.08. The lowest BCUT2D eigenvalue weighted by molar-refractivity contribution is 0.132. The number of benzene rings is 2. The van der Waals surface area contributed by atoms with Gasteiger partial charge in [0.2, 0.25) is 0 Å². The lowest BCUT2D eigenvalue weighted by atomic mass is 10.1. The Hall–Kier alpha value is -2.77. The Morgan fingerprint density at radius 1 is 0.967 bits per heavy atom. The average Bonchev–Trinajstić information content (AvgIpc) is 2.79. The van der Waals surface area contributed by atoms with E-state index in [4.69, 9.17) is 15.2 Å². The second kappa shape index (κ2) is 10.8.